The van der Waals surface area contributed by atoms with E-state index in [-0.39, 0.29) is 0 Å². The summed E-state index contributed by atoms with van der Waals surface area (Å²) < 4.78 is 11.1. The quantitative estimate of drug-likeness (QED) is 0.759. The summed E-state index contributed by atoms with van der Waals surface area (Å²) in [5, 5.41) is 8.80. The fourth-order valence-electron chi connectivity index (χ4n) is 2.18. The lowest BCUT2D eigenvalue weighted by molar-refractivity contribution is 0.0358. The fourth-order valence-corrected chi connectivity index (χ4v) is 2.18. The SMILES string of the molecule is Cc1cc(C#N)ccc1OCCCN1CCOCC1. The molecule has 0 aromatic heterocycles. The summed E-state index contributed by atoms with van der Waals surface area (Å²) in [6.45, 7) is 7.47. The van der Waals surface area contributed by atoms with Crippen LogP contribution in [0.15, 0.2) is 18.2 Å². The normalized spacial score (nSPS) is 16.0. The molecule has 102 valence electrons. The number of hydrogen-bond donors (Lipinski definition) is 0. The van der Waals surface area contributed by atoms with Crippen molar-refractivity contribution in [3.8, 4) is 11.8 Å². The van der Waals surface area contributed by atoms with E-state index in [4.69, 9.17) is 14.7 Å². The maximum absolute atomic E-state index is 8.80. The van der Waals surface area contributed by atoms with Crippen molar-refractivity contribution in [3.05, 3.63) is 29.3 Å². The molecule has 4 heteroatoms. The molecule has 0 atom stereocenters. The molecule has 1 aromatic carbocycles. The monoisotopic (exact) mass is 260 g/mol. The lowest BCUT2D eigenvalue weighted by atomic mass is 10.1. The average molecular weight is 260 g/mol. The van der Waals surface area contributed by atoms with Gasteiger partial charge in [0, 0.05) is 19.6 Å². The molecular formula is C15H20N2O2. The molecule has 4 nitrogen and oxygen atoms in total. The Morgan fingerprint density at radius 2 is 2.16 bits per heavy atom. The van der Waals surface area contributed by atoms with Gasteiger partial charge in [0.2, 0.25) is 0 Å². The van der Waals surface area contributed by atoms with Crippen molar-refractivity contribution < 1.29 is 9.47 Å². The van der Waals surface area contributed by atoms with Gasteiger partial charge in [-0.05, 0) is 37.1 Å². The predicted molar refractivity (Wildman–Crippen MR) is 73.3 cm³/mol. The summed E-state index contributed by atoms with van der Waals surface area (Å²) >= 11 is 0. The summed E-state index contributed by atoms with van der Waals surface area (Å²) in [5.74, 6) is 0.876. The summed E-state index contributed by atoms with van der Waals surface area (Å²) in [6, 6.07) is 7.66. The minimum Gasteiger partial charge on any atom is -0.493 e. The molecule has 2 rings (SSSR count). The molecule has 1 saturated heterocycles. The number of nitriles is 1. The molecule has 0 spiro atoms. The minimum absolute atomic E-state index is 0.679. The molecule has 1 fully saturated rings. The summed E-state index contributed by atoms with van der Waals surface area (Å²) in [4.78, 5) is 2.40. The highest BCUT2D eigenvalue weighted by Gasteiger charge is 2.09. The Hall–Kier alpha value is -1.57. The second kappa shape index (κ2) is 7.13. The number of benzene rings is 1. The Morgan fingerprint density at radius 3 is 2.84 bits per heavy atom. The van der Waals surface area contributed by atoms with Gasteiger partial charge in [0.1, 0.15) is 5.75 Å². The van der Waals surface area contributed by atoms with Crippen LogP contribution in [-0.2, 0) is 4.74 Å². The van der Waals surface area contributed by atoms with Crippen LogP contribution in [0.2, 0.25) is 0 Å². The molecule has 1 heterocycles. The smallest absolute Gasteiger partial charge is 0.122 e. The molecule has 0 amide bonds. The van der Waals surface area contributed by atoms with Crippen molar-refractivity contribution in [2.45, 2.75) is 13.3 Å². The predicted octanol–water partition coefficient (Wildman–Crippen LogP) is 1.97. The zero-order valence-corrected chi connectivity index (χ0v) is 11.4. The van der Waals surface area contributed by atoms with Gasteiger partial charge in [0.15, 0.2) is 0 Å². The van der Waals surface area contributed by atoms with Crippen LogP contribution in [0.25, 0.3) is 0 Å². The molecule has 0 unspecified atom stereocenters. The first-order valence-electron chi connectivity index (χ1n) is 6.73. The Labute approximate surface area is 114 Å². The minimum atomic E-state index is 0.679. The molecule has 0 bridgehead atoms. The van der Waals surface area contributed by atoms with Gasteiger partial charge in [-0.2, -0.15) is 5.26 Å². The van der Waals surface area contributed by atoms with Gasteiger partial charge in [-0.3, -0.25) is 4.90 Å². The first-order valence-corrected chi connectivity index (χ1v) is 6.73. The Balaban J connectivity index is 1.72. The van der Waals surface area contributed by atoms with Crippen LogP contribution in [0.5, 0.6) is 5.75 Å². The van der Waals surface area contributed by atoms with Crippen LogP contribution < -0.4 is 4.74 Å². The van der Waals surface area contributed by atoms with Gasteiger partial charge < -0.3 is 9.47 Å². The fraction of sp³-hybridized carbons (Fsp3) is 0.533. The Morgan fingerprint density at radius 1 is 1.37 bits per heavy atom. The van der Waals surface area contributed by atoms with Gasteiger partial charge in [-0.1, -0.05) is 0 Å². The van der Waals surface area contributed by atoms with E-state index in [2.05, 4.69) is 11.0 Å². The maximum atomic E-state index is 8.80. The topological polar surface area (TPSA) is 45.5 Å². The van der Waals surface area contributed by atoms with E-state index >= 15 is 0 Å². The second-order valence-electron chi connectivity index (χ2n) is 4.75. The van der Waals surface area contributed by atoms with Gasteiger partial charge in [0.05, 0.1) is 31.5 Å². The van der Waals surface area contributed by atoms with Crippen molar-refractivity contribution >= 4 is 0 Å². The summed E-state index contributed by atoms with van der Waals surface area (Å²) in [6.07, 6.45) is 1.01. The van der Waals surface area contributed by atoms with Crippen LogP contribution >= 0.6 is 0 Å². The second-order valence-corrected chi connectivity index (χ2v) is 4.75. The average Bonchev–Trinajstić information content (AvgIpc) is 2.46. The first-order chi connectivity index (χ1) is 9.29. The van der Waals surface area contributed by atoms with Gasteiger partial charge in [-0.25, -0.2) is 0 Å². The third-order valence-corrected chi connectivity index (χ3v) is 3.28. The first kappa shape index (κ1) is 13.9. The van der Waals surface area contributed by atoms with Crippen molar-refractivity contribution in [1.82, 2.24) is 4.90 Å². The molecule has 1 aliphatic rings. The highest BCUT2D eigenvalue weighted by atomic mass is 16.5. The van der Waals surface area contributed by atoms with Crippen LogP contribution in [-0.4, -0.2) is 44.4 Å². The van der Waals surface area contributed by atoms with Gasteiger partial charge >= 0.3 is 0 Å². The number of nitrogens with zero attached hydrogens (tertiary/aromatic N) is 2. The number of ether oxygens (including phenoxy) is 2. The molecule has 0 saturated carbocycles. The Kier molecular flexibility index (Phi) is 5.20. The number of rotatable bonds is 5. The molecule has 0 aliphatic carbocycles. The van der Waals surface area contributed by atoms with E-state index in [0.717, 1.165) is 50.6 Å². The number of aryl methyl sites for hydroxylation is 1. The van der Waals surface area contributed by atoms with E-state index in [1.807, 2.05) is 19.1 Å². The standard InChI is InChI=1S/C15H20N2O2/c1-13-11-14(12-16)3-4-15(13)19-8-2-5-17-6-9-18-10-7-17/h3-4,11H,2,5-10H2,1H3. The van der Waals surface area contributed by atoms with Gasteiger partial charge in [-0.15, -0.1) is 0 Å². The van der Waals surface area contributed by atoms with Crippen molar-refractivity contribution in [2.24, 2.45) is 0 Å². The van der Waals surface area contributed by atoms with Crippen molar-refractivity contribution in [2.75, 3.05) is 39.5 Å². The lowest BCUT2D eigenvalue weighted by Gasteiger charge is -2.26. The summed E-state index contributed by atoms with van der Waals surface area (Å²) in [5.41, 5.74) is 1.70. The van der Waals surface area contributed by atoms with E-state index in [1.54, 1.807) is 6.07 Å². The highest BCUT2D eigenvalue weighted by molar-refractivity contribution is 5.41. The zero-order valence-electron chi connectivity index (χ0n) is 11.4. The molecule has 19 heavy (non-hydrogen) atoms. The summed E-state index contributed by atoms with van der Waals surface area (Å²) in [7, 11) is 0. The van der Waals surface area contributed by atoms with Crippen molar-refractivity contribution in [3.63, 3.8) is 0 Å². The molecule has 0 N–H and O–H groups in total. The van der Waals surface area contributed by atoms with Crippen molar-refractivity contribution in [1.29, 1.82) is 5.26 Å². The molecular weight excluding hydrogens is 240 g/mol. The maximum Gasteiger partial charge on any atom is 0.122 e. The van der Waals surface area contributed by atoms with E-state index in [9.17, 15) is 0 Å². The number of morpholine rings is 1. The van der Waals surface area contributed by atoms with Crippen LogP contribution in [0.4, 0.5) is 0 Å². The Bertz CT molecular complexity index is 448. The van der Waals surface area contributed by atoms with E-state index in [1.165, 1.54) is 0 Å². The number of hydrogen-bond acceptors (Lipinski definition) is 4. The molecule has 0 radical (unpaired) electrons. The van der Waals surface area contributed by atoms with Crippen LogP contribution in [0.3, 0.4) is 0 Å². The third-order valence-electron chi connectivity index (χ3n) is 3.28. The van der Waals surface area contributed by atoms with Crippen LogP contribution in [0.1, 0.15) is 17.5 Å². The van der Waals surface area contributed by atoms with E-state index in [0.29, 0.717) is 12.2 Å². The zero-order chi connectivity index (χ0) is 13.5. The largest absolute Gasteiger partial charge is 0.493 e. The molecule has 1 aromatic rings. The lowest BCUT2D eigenvalue weighted by Crippen LogP contribution is -2.37. The van der Waals surface area contributed by atoms with Crippen LogP contribution in [0, 0.1) is 18.3 Å². The molecule has 1 aliphatic heterocycles. The third kappa shape index (κ3) is 4.23. The highest BCUT2D eigenvalue weighted by Crippen LogP contribution is 2.18. The van der Waals surface area contributed by atoms with Gasteiger partial charge in [0.25, 0.3) is 0 Å². The van der Waals surface area contributed by atoms with E-state index < -0.39 is 0 Å².